The first-order chi connectivity index (χ1) is 16.6. The molecule has 0 aliphatic heterocycles. The van der Waals surface area contributed by atoms with Crippen LogP contribution in [0.3, 0.4) is 0 Å². The van der Waals surface area contributed by atoms with Gasteiger partial charge in [0.1, 0.15) is 5.75 Å². The van der Waals surface area contributed by atoms with E-state index in [0.29, 0.717) is 19.6 Å². The fourth-order valence-corrected chi connectivity index (χ4v) is 4.38. The van der Waals surface area contributed by atoms with Crippen molar-refractivity contribution in [2.75, 3.05) is 13.2 Å². The fourth-order valence-electron chi connectivity index (χ4n) is 4.38. The highest BCUT2D eigenvalue weighted by Crippen LogP contribution is 2.35. The van der Waals surface area contributed by atoms with Crippen LogP contribution in [0, 0.1) is 5.41 Å². The van der Waals surface area contributed by atoms with Gasteiger partial charge in [0, 0.05) is 17.1 Å². The molecule has 0 bridgehead atoms. The van der Waals surface area contributed by atoms with Crippen molar-refractivity contribution in [1.82, 2.24) is 0 Å². The zero-order valence-corrected chi connectivity index (χ0v) is 21.8. The molecular formula is C30H42N2O3. The number of benzene rings is 2. The maximum atomic E-state index is 12.6. The number of allylic oxidation sites excluding steroid dienone is 1. The number of hydrogen-bond acceptors (Lipinski definition) is 5. The maximum Gasteiger partial charge on any atom is 0.313 e. The van der Waals surface area contributed by atoms with E-state index in [2.05, 4.69) is 54.6 Å². The highest BCUT2D eigenvalue weighted by Gasteiger charge is 2.38. The summed E-state index contributed by atoms with van der Waals surface area (Å²) >= 11 is 0. The van der Waals surface area contributed by atoms with Gasteiger partial charge in [-0.05, 0) is 95.1 Å². The van der Waals surface area contributed by atoms with Crippen molar-refractivity contribution in [3.05, 3.63) is 65.2 Å². The number of aryl methyl sites for hydroxylation is 1. The lowest BCUT2D eigenvalue weighted by molar-refractivity contribution is -0.155. The van der Waals surface area contributed by atoms with Crippen LogP contribution in [0.15, 0.2) is 48.5 Å². The van der Waals surface area contributed by atoms with Gasteiger partial charge in [0.05, 0.1) is 18.6 Å². The van der Waals surface area contributed by atoms with E-state index in [1.54, 1.807) is 0 Å². The van der Waals surface area contributed by atoms with Crippen LogP contribution in [0.4, 0.5) is 0 Å². The molecule has 1 aliphatic carbocycles. The molecule has 1 unspecified atom stereocenters. The molecule has 0 aromatic heterocycles. The van der Waals surface area contributed by atoms with Crippen LogP contribution < -0.4 is 16.2 Å². The van der Waals surface area contributed by atoms with Crippen LogP contribution in [0.2, 0.25) is 0 Å². The molecule has 2 aromatic rings. The summed E-state index contributed by atoms with van der Waals surface area (Å²) in [6, 6.07) is 16.5. The van der Waals surface area contributed by atoms with Gasteiger partial charge in [0.15, 0.2) is 0 Å². The summed E-state index contributed by atoms with van der Waals surface area (Å²) in [4.78, 5) is 12.6. The van der Waals surface area contributed by atoms with Gasteiger partial charge in [-0.3, -0.25) is 4.79 Å². The Morgan fingerprint density at radius 3 is 2.37 bits per heavy atom. The van der Waals surface area contributed by atoms with Crippen LogP contribution in [-0.2, 0) is 16.0 Å². The number of fused-ring (bicyclic) bond motifs is 1. The van der Waals surface area contributed by atoms with Crippen LogP contribution in [-0.4, -0.2) is 30.8 Å². The predicted octanol–water partition coefficient (Wildman–Crippen LogP) is 5.75. The van der Waals surface area contributed by atoms with E-state index >= 15 is 0 Å². The van der Waals surface area contributed by atoms with E-state index in [1.165, 1.54) is 22.3 Å². The molecule has 0 amide bonds. The topological polar surface area (TPSA) is 87.6 Å². The van der Waals surface area contributed by atoms with Gasteiger partial charge in [0.2, 0.25) is 0 Å². The number of nitrogens with two attached hydrogens (primary N) is 2. The third kappa shape index (κ3) is 7.68. The van der Waals surface area contributed by atoms with E-state index in [-0.39, 0.29) is 12.0 Å². The molecule has 2 aromatic carbocycles. The molecule has 5 heteroatoms. The van der Waals surface area contributed by atoms with Gasteiger partial charge in [-0.15, -0.1) is 0 Å². The highest BCUT2D eigenvalue weighted by atomic mass is 16.5. The summed E-state index contributed by atoms with van der Waals surface area (Å²) in [5.74, 6) is 0.683. The van der Waals surface area contributed by atoms with E-state index in [0.717, 1.165) is 37.9 Å². The van der Waals surface area contributed by atoms with Gasteiger partial charge in [-0.25, -0.2) is 0 Å². The first-order valence-electron chi connectivity index (χ1n) is 12.8. The SMILES string of the molecule is CC(C)(N)CC(N)C(C)(C)C(=O)OCCCCCOc1cccc2c1C=C(c1ccccc1)CC2. The third-order valence-corrected chi connectivity index (χ3v) is 6.76. The minimum absolute atomic E-state index is 0.262. The summed E-state index contributed by atoms with van der Waals surface area (Å²) in [6.45, 7) is 8.53. The van der Waals surface area contributed by atoms with Crippen molar-refractivity contribution in [3.8, 4) is 5.75 Å². The van der Waals surface area contributed by atoms with E-state index < -0.39 is 11.0 Å². The van der Waals surface area contributed by atoms with Gasteiger partial charge in [0.25, 0.3) is 0 Å². The second-order valence-corrected chi connectivity index (χ2v) is 10.9. The maximum absolute atomic E-state index is 12.6. The fraction of sp³-hybridized carbons (Fsp3) is 0.500. The summed E-state index contributed by atoms with van der Waals surface area (Å²) < 4.78 is 11.7. The molecule has 1 aliphatic rings. The van der Waals surface area contributed by atoms with Gasteiger partial charge in [-0.2, -0.15) is 0 Å². The summed E-state index contributed by atoms with van der Waals surface area (Å²) in [7, 11) is 0. The Morgan fingerprint density at radius 1 is 0.943 bits per heavy atom. The number of unbranched alkanes of at least 4 members (excludes halogenated alkanes) is 2. The second kappa shape index (κ2) is 11.9. The molecule has 35 heavy (non-hydrogen) atoms. The number of hydrogen-bond donors (Lipinski definition) is 2. The number of carbonyl (C=O) groups excluding carboxylic acids is 1. The summed E-state index contributed by atoms with van der Waals surface area (Å²) in [6.07, 6.45) is 7.54. The molecule has 0 radical (unpaired) electrons. The van der Waals surface area contributed by atoms with Gasteiger partial charge >= 0.3 is 5.97 Å². The lowest BCUT2D eigenvalue weighted by atomic mass is 9.79. The number of carbonyl (C=O) groups is 1. The van der Waals surface area contributed by atoms with Crippen molar-refractivity contribution in [2.45, 2.75) is 77.8 Å². The Balaban J connectivity index is 1.43. The highest BCUT2D eigenvalue weighted by molar-refractivity contribution is 5.86. The molecule has 0 heterocycles. The smallest absolute Gasteiger partial charge is 0.313 e. The Hall–Kier alpha value is -2.63. The van der Waals surface area contributed by atoms with Gasteiger partial charge in [-0.1, -0.05) is 42.5 Å². The zero-order valence-electron chi connectivity index (χ0n) is 21.8. The quantitative estimate of drug-likeness (QED) is 0.300. The average Bonchev–Trinajstić information content (AvgIpc) is 2.82. The molecule has 0 saturated carbocycles. The first kappa shape index (κ1) is 27.0. The summed E-state index contributed by atoms with van der Waals surface area (Å²) in [5, 5.41) is 0. The standard InChI is InChI=1S/C30H42N2O3/c1-29(2,32)21-27(31)30(3,4)28(33)35-19-10-6-9-18-34-26-15-11-14-23-16-17-24(20-25(23)26)22-12-7-5-8-13-22/h5,7-8,11-15,20,27H,6,9-10,16-19,21,31-32H2,1-4H3. The molecule has 4 N–H and O–H groups in total. The monoisotopic (exact) mass is 478 g/mol. The first-order valence-corrected chi connectivity index (χ1v) is 12.8. The number of rotatable bonds is 12. The Labute approximate surface area is 210 Å². The lowest BCUT2D eigenvalue weighted by Gasteiger charge is -2.33. The van der Waals surface area contributed by atoms with Crippen LogP contribution in [0.5, 0.6) is 5.75 Å². The average molecular weight is 479 g/mol. The molecule has 0 saturated heterocycles. The minimum atomic E-state index is -0.766. The lowest BCUT2D eigenvalue weighted by Crippen LogP contribution is -2.50. The van der Waals surface area contributed by atoms with Crippen molar-refractivity contribution in [3.63, 3.8) is 0 Å². The number of esters is 1. The molecule has 1 atom stereocenters. The van der Waals surface area contributed by atoms with Gasteiger partial charge < -0.3 is 20.9 Å². The third-order valence-electron chi connectivity index (χ3n) is 6.76. The molecule has 190 valence electrons. The van der Waals surface area contributed by atoms with E-state index in [1.807, 2.05) is 27.7 Å². The molecule has 0 spiro atoms. The Kier molecular flexibility index (Phi) is 9.15. The molecule has 3 rings (SSSR count). The Morgan fingerprint density at radius 2 is 1.66 bits per heavy atom. The molecular weight excluding hydrogens is 436 g/mol. The van der Waals surface area contributed by atoms with Crippen molar-refractivity contribution >= 4 is 17.6 Å². The van der Waals surface area contributed by atoms with Crippen molar-refractivity contribution < 1.29 is 14.3 Å². The van der Waals surface area contributed by atoms with E-state index in [4.69, 9.17) is 20.9 Å². The zero-order chi connectivity index (χ0) is 25.5. The van der Waals surface area contributed by atoms with Crippen LogP contribution in [0.1, 0.15) is 76.5 Å². The minimum Gasteiger partial charge on any atom is -0.493 e. The second-order valence-electron chi connectivity index (χ2n) is 10.9. The Bertz CT molecular complexity index is 1010. The molecule has 0 fully saturated rings. The summed E-state index contributed by atoms with van der Waals surface area (Å²) in [5.41, 5.74) is 16.3. The van der Waals surface area contributed by atoms with E-state index in [9.17, 15) is 4.79 Å². The molecule has 5 nitrogen and oxygen atoms in total. The van der Waals surface area contributed by atoms with Crippen molar-refractivity contribution in [1.29, 1.82) is 0 Å². The van der Waals surface area contributed by atoms with Crippen molar-refractivity contribution in [2.24, 2.45) is 16.9 Å². The largest absolute Gasteiger partial charge is 0.493 e. The normalized spacial score (nSPS) is 14.6. The number of ether oxygens (including phenoxy) is 2. The van der Waals surface area contributed by atoms with Crippen LogP contribution in [0.25, 0.3) is 11.6 Å². The predicted molar refractivity (Wildman–Crippen MR) is 144 cm³/mol. The van der Waals surface area contributed by atoms with Crippen LogP contribution >= 0.6 is 0 Å².